The number of hydrogen-bond acceptors (Lipinski definition) is 0. The maximum atomic E-state index is 2.46. The standard InChI is InChI=1S/C10H16/c1-7-4-8-5-10(2,3)6-9(7)8/h4,8-9H,5-6H2,1-3H3. The third-order valence-corrected chi connectivity index (χ3v) is 3.14. The maximum Gasteiger partial charge on any atom is -0.0138 e. The Labute approximate surface area is 63.3 Å². The Morgan fingerprint density at radius 3 is 2.50 bits per heavy atom. The monoisotopic (exact) mass is 136 g/mol. The molecule has 0 spiro atoms. The van der Waals surface area contributed by atoms with Crippen LogP contribution in [-0.2, 0) is 0 Å². The molecule has 2 aliphatic rings. The summed E-state index contributed by atoms with van der Waals surface area (Å²) in [5.41, 5.74) is 2.28. The van der Waals surface area contributed by atoms with Gasteiger partial charge in [0.1, 0.15) is 0 Å². The van der Waals surface area contributed by atoms with Crippen LogP contribution in [0.4, 0.5) is 0 Å². The van der Waals surface area contributed by atoms with Crippen molar-refractivity contribution >= 4 is 0 Å². The average Bonchev–Trinajstić information content (AvgIpc) is 2.04. The fraction of sp³-hybridized carbons (Fsp3) is 0.800. The quantitative estimate of drug-likeness (QED) is 0.449. The van der Waals surface area contributed by atoms with Crippen LogP contribution < -0.4 is 0 Å². The molecule has 56 valence electrons. The summed E-state index contributed by atoms with van der Waals surface area (Å²) in [5, 5.41) is 0. The average molecular weight is 136 g/mol. The van der Waals surface area contributed by atoms with E-state index in [0.29, 0.717) is 5.41 Å². The molecule has 1 fully saturated rings. The number of rotatable bonds is 0. The zero-order chi connectivity index (χ0) is 7.35. The third-order valence-electron chi connectivity index (χ3n) is 3.14. The molecule has 0 nitrogen and oxygen atoms in total. The van der Waals surface area contributed by atoms with E-state index in [1.807, 2.05) is 0 Å². The molecule has 0 aromatic heterocycles. The van der Waals surface area contributed by atoms with E-state index < -0.39 is 0 Å². The molecule has 10 heavy (non-hydrogen) atoms. The molecule has 2 rings (SSSR count). The minimum Gasteiger partial charge on any atom is -0.0816 e. The number of hydrogen-bond donors (Lipinski definition) is 0. The summed E-state index contributed by atoms with van der Waals surface area (Å²) in [4.78, 5) is 0. The van der Waals surface area contributed by atoms with Gasteiger partial charge in [0.25, 0.3) is 0 Å². The van der Waals surface area contributed by atoms with Crippen LogP contribution in [0.3, 0.4) is 0 Å². The lowest BCUT2D eigenvalue weighted by Crippen LogP contribution is -2.16. The molecular weight excluding hydrogens is 120 g/mol. The van der Waals surface area contributed by atoms with Crippen LogP contribution in [0.2, 0.25) is 0 Å². The van der Waals surface area contributed by atoms with Gasteiger partial charge in [0.2, 0.25) is 0 Å². The van der Waals surface area contributed by atoms with Crippen molar-refractivity contribution in [2.75, 3.05) is 0 Å². The van der Waals surface area contributed by atoms with Gasteiger partial charge in [-0.15, -0.1) is 0 Å². The Morgan fingerprint density at radius 1 is 1.40 bits per heavy atom. The van der Waals surface area contributed by atoms with E-state index in [-0.39, 0.29) is 0 Å². The van der Waals surface area contributed by atoms with Gasteiger partial charge < -0.3 is 0 Å². The van der Waals surface area contributed by atoms with Gasteiger partial charge in [-0.3, -0.25) is 0 Å². The Hall–Kier alpha value is -0.260. The summed E-state index contributed by atoms with van der Waals surface area (Å²) < 4.78 is 0. The highest BCUT2D eigenvalue weighted by atomic mass is 14.5. The van der Waals surface area contributed by atoms with E-state index in [4.69, 9.17) is 0 Å². The summed E-state index contributed by atoms with van der Waals surface area (Å²) in [5.74, 6) is 1.92. The highest BCUT2D eigenvalue weighted by molar-refractivity contribution is 5.24. The fourth-order valence-electron chi connectivity index (χ4n) is 2.63. The molecule has 2 unspecified atom stereocenters. The smallest absolute Gasteiger partial charge is 0.0138 e. The van der Waals surface area contributed by atoms with Crippen molar-refractivity contribution in [3.8, 4) is 0 Å². The Balaban J connectivity index is 2.14. The van der Waals surface area contributed by atoms with Crippen molar-refractivity contribution in [2.24, 2.45) is 17.3 Å². The molecule has 2 aliphatic carbocycles. The second kappa shape index (κ2) is 1.66. The topological polar surface area (TPSA) is 0 Å². The van der Waals surface area contributed by atoms with Crippen molar-refractivity contribution in [2.45, 2.75) is 33.6 Å². The van der Waals surface area contributed by atoms with Crippen LogP contribution in [0.15, 0.2) is 11.6 Å². The molecule has 0 aromatic rings. The van der Waals surface area contributed by atoms with Crippen LogP contribution >= 0.6 is 0 Å². The number of fused-ring (bicyclic) bond motifs is 1. The van der Waals surface area contributed by atoms with Crippen LogP contribution in [0.25, 0.3) is 0 Å². The van der Waals surface area contributed by atoms with Gasteiger partial charge in [0.05, 0.1) is 0 Å². The molecule has 1 saturated carbocycles. The van der Waals surface area contributed by atoms with Gasteiger partial charge in [-0.25, -0.2) is 0 Å². The molecule has 0 aromatic carbocycles. The summed E-state index contributed by atoms with van der Waals surface area (Å²) in [6.07, 6.45) is 5.31. The van der Waals surface area contributed by atoms with Gasteiger partial charge in [0, 0.05) is 0 Å². The first kappa shape index (κ1) is 6.45. The summed E-state index contributed by atoms with van der Waals surface area (Å²) in [6, 6.07) is 0. The lowest BCUT2D eigenvalue weighted by atomic mass is 9.78. The van der Waals surface area contributed by atoms with Crippen molar-refractivity contribution in [3.63, 3.8) is 0 Å². The first-order valence-electron chi connectivity index (χ1n) is 4.27. The minimum atomic E-state index is 0.629. The minimum absolute atomic E-state index is 0.629. The predicted octanol–water partition coefficient (Wildman–Crippen LogP) is 3.00. The largest absolute Gasteiger partial charge is 0.0816 e. The van der Waals surface area contributed by atoms with Crippen LogP contribution in [0.5, 0.6) is 0 Å². The Morgan fingerprint density at radius 2 is 2.10 bits per heavy atom. The van der Waals surface area contributed by atoms with Gasteiger partial charge in [-0.2, -0.15) is 0 Å². The van der Waals surface area contributed by atoms with E-state index in [1.54, 1.807) is 5.57 Å². The zero-order valence-corrected chi connectivity index (χ0v) is 7.15. The highest BCUT2D eigenvalue weighted by Crippen LogP contribution is 2.53. The van der Waals surface area contributed by atoms with Crippen LogP contribution in [0, 0.1) is 17.3 Å². The van der Waals surface area contributed by atoms with E-state index >= 15 is 0 Å². The summed E-state index contributed by atoms with van der Waals surface area (Å²) in [7, 11) is 0. The highest BCUT2D eigenvalue weighted by Gasteiger charge is 2.43. The fourth-order valence-corrected chi connectivity index (χ4v) is 2.63. The maximum absolute atomic E-state index is 2.46. The summed E-state index contributed by atoms with van der Waals surface area (Å²) >= 11 is 0. The van der Waals surface area contributed by atoms with Crippen LogP contribution in [-0.4, -0.2) is 0 Å². The van der Waals surface area contributed by atoms with Gasteiger partial charge in [-0.05, 0) is 37.0 Å². The zero-order valence-electron chi connectivity index (χ0n) is 7.15. The van der Waals surface area contributed by atoms with E-state index in [1.165, 1.54) is 12.8 Å². The van der Waals surface area contributed by atoms with E-state index in [0.717, 1.165) is 11.8 Å². The first-order chi connectivity index (χ1) is 4.58. The predicted molar refractivity (Wildman–Crippen MR) is 43.8 cm³/mol. The van der Waals surface area contributed by atoms with Crippen molar-refractivity contribution in [1.82, 2.24) is 0 Å². The first-order valence-corrected chi connectivity index (χ1v) is 4.27. The second-order valence-corrected chi connectivity index (χ2v) is 4.75. The Bertz CT molecular complexity index is 186. The van der Waals surface area contributed by atoms with Crippen molar-refractivity contribution in [3.05, 3.63) is 11.6 Å². The Kier molecular flexibility index (Phi) is 1.07. The second-order valence-electron chi connectivity index (χ2n) is 4.75. The molecule has 0 heterocycles. The molecule has 0 aliphatic heterocycles. The molecule has 0 bridgehead atoms. The number of allylic oxidation sites excluding steroid dienone is 2. The van der Waals surface area contributed by atoms with Gasteiger partial charge in [-0.1, -0.05) is 25.5 Å². The SMILES string of the molecule is CC1=CC2CC(C)(C)CC12. The lowest BCUT2D eigenvalue weighted by molar-refractivity contribution is 0.370. The normalized spacial score (nSPS) is 42.1. The van der Waals surface area contributed by atoms with Crippen molar-refractivity contribution in [1.29, 1.82) is 0 Å². The molecule has 2 atom stereocenters. The van der Waals surface area contributed by atoms with Crippen LogP contribution in [0.1, 0.15) is 33.6 Å². The van der Waals surface area contributed by atoms with Gasteiger partial charge in [0.15, 0.2) is 0 Å². The molecular formula is C10H16. The van der Waals surface area contributed by atoms with E-state index in [2.05, 4.69) is 26.8 Å². The van der Waals surface area contributed by atoms with Gasteiger partial charge >= 0.3 is 0 Å². The molecule has 0 saturated heterocycles. The van der Waals surface area contributed by atoms with Crippen molar-refractivity contribution < 1.29 is 0 Å². The van der Waals surface area contributed by atoms with E-state index in [9.17, 15) is 0 Å². The lowest BCUT2D eigenvalue weighted by Gasteiger charge is -2.27. The molecule has 0 radical (unpaired) electrons. The molecule has 0 amide bonds. The third kappa shape index (κ3) is 0.744. The molecule has 0 heteroatoms. The summed E-state index contributed by atoms with van der Waals surface area (Å²) in [6.45, 7) is 7.07. The molecule has 0 N–H and O–H groups in total.